The summed E-state index contributed by atoms with van der Waals surface area (Å²) in [7, 11) is 0. The van der Waals surface area contributed by atoms with Gasteiger partial charge < -0.3 is 4.90 Å². The Hall–Kier alpha value is -1.65. The number of rotatable bonds is 1. The summed E-state index contributed by atoms with van der Waals surface area (Å²) in [6.07, 6.45) is 5.31. The van der Waals surface area contributed by atoms with Gasteiger partial charge in [0.25, 0.3) is 0 Å². The smallest absolute Gasteiger partial charge is 0.322 e. The first-order valence-corrected chi connectivity index (χ1v) is 6.02. The molecule has 0 unspecified atom stereocenters. The maximum atomic E-state index is 12.1. The number of carbonyl (C=O) groups is 1. The van der Waals surface area contributed by atoms with Crippen molar-refractivity contribution < 1.29 is 4.79 Å². The predicted molar refractivity (Wildman–Crippen MR) is 65.6 cm³/mol. The molecule has 5 heteroatoms. The van der Waals surface area contributed by atoms with Crippen molar-refractivity contribution in [1.29, 1.82) is 0 Å². The summed E-state index contributed by atoms with van der Waals surface area (Å²) in [5.74, 6) is 1.11. The zero-order valence-electron chi connectivity index (χ0n) is 10.3. The highest BCUT2D eigenvalue weighted by Crippen LogP contribution is 2.23. The van der Waals surface area contributed by atoms with Crippen LogP contribution in [-0.2, 0) is 0 Å². The monoisotopic (exact) mass is 234 g/mol. The molecule has 0 aliphatic carbocycles. The average molecular weight is 234 g/mol. The van der Waals surface area contributed by atoms with Crippen molar-refractivity contribution in [2.75, 3.05) is 11.9 Å². The molecule has 2 amide bonds. The van der Waals surface area contributed by atoms with Gasteiger partial charge in [-0.15, -0.1) is 0 Å². The summed E-state index contributed by atoms with van der Waals surface area (Å²) in [5, 5.41) is 2.80. The molecule has 2 rings (SSSR count). The lowest BCUT2D eigenvalue weighted by Gasteiger charge is -2.37. The summed E-state index contributed by atoms with van der Waals surface area (Å²) in [4.78, 5) is 21.8. The third-order valence-corrected chi connectivity index (χ3v) is 3.45. The van der Waals surface area contributed by atoms with Gasteiger partial charge in [-0.25, -0.2) is 14.8 Å². The molecule has 17 heavy (non-hydrogen) atoms. The molecule has 0 spiro atoms. The number of likely N-dealkylation sites (tertiary alicyclic amines) is 1. The highest BCUT2D eigenvalue weighted by atomic mass is 16.2. The highest BCUT2D eigenvalue weighted by molar-refractivity contribution is 5.88. The Morgan fingerprint density at radius 1 is 1.53 bits per heavy atom. The predicted octanol–water partition coefficient (Wildman–Crippen LogP) is 2.13. The fourth-order valence-corrected chi connectivity index (χ4v) is 2.17. The zero-order valence-corrected chi connectivity index (χ0v) is 10.3. The number of urea groups is 1. The second kappa shape index (κ2) is 5.12. The van der Waals surface area contributed by atoms with Gasteiger partial charge in [0, 0.05) is 18.8 Å². The van der Waals surface area contributed by atoms with Crippen LogP contribution in [0.2, 0.25) is 0 Å². The first kappa shape index (κ1) is 11.8. The van der Waals surface area contributed by atoms with E-state index < -0.39 is 0 Å². The van der Waals surface area contributed by atoms with Crippen LogP contribution in [-0.4, -0.2) is 33.5 Å². The van der Waals surface area contributed by atoms with Crippen molar-refractivity contribution in [3.63, 3.8) is 0 Å². The SMILES string of the molecule is C[C@@H]1CCCN(C(=O)Nc2ccncn2)[C@H]1C. The minimum absolute atomic E-state index is 0.0669. The average Bonchev–Trinajstić information content (AvgIpc) is 2.34. The molecule has 0 bridgehead atoms. The minimum atomic E-state index is -0.0669. The van der Waals surface area contributed by atoms with Crippen LogP contribution in [0.3, 0.4) is 0 Å². The topological polar surface area (TPSA) is 58.1 Å². The van der Waals surface area contributed by atoms with E-state index in [1.54, 1.807) is 12.3 Å². The van der Waals surface area contributed by atoms with Crippen LogP contribution in [0.4, 0.5) is 10.6 Å². The van der Waals surface area contributed by atoms with Crippen molar-refractivity contribution in [1.82, 2.24) is 14.9 Å². The molecule has 1 aromatic heterocycles. The van der Waals surface area contributed by atoms with Gasteiger partial charge in [0.1, 0.15) is 12.1 Å². The van der Waals surface area contributed by atoms with Crippen LogP contribution in [0.15, 0.2) is 18.6 Å². The fraction of sp³-hybridized carbons (Fsp3) is 0.583. The van der Waals surface area contributed by atoms with Gasteiger partial charge >= 0.3 is 6.03 Å². The summed E-state index contributed by atoms with van der Waals surface area (Å²) < 4.78 is 0. The van der Waals surface area contributed by atoms with Crippen molar-refractivity contribution in [2.24, 2.45) is 5.92 Å². The Morgan fingerprint density at radius 2 is 2.35 bits per heavy atom. The van der Waals surface area contributed by atoms with E-state index in [2.05, 4.69) is 29.1 Å². The molecule has 0 aromatic carbocycles. The molecule has 2 atom stereocenters. The zero-order chi connectivity index (χ0) is 12.3. The number of amides is 2. The Morgan fingerprint density at radius 3 is 3.06 bits per heavy atom. The lowest BCUT2D eigenvalue weighted by atomic mass is 9.92. The largest absolute Gasteiger partial charge is 0.323 e. The molecule has 1 fully saturated rings. The number of nitrogens with zero attached hydrogens (tertiary/aromatic N) is 3. The molecule has 92 valence electrons. The van der Waals surface area contributed by atoms with Crippen molar-refractivity contribution in [3.8, 4) is 0 Å². The maximum Gasteiger partial charge on any atom is 0.323 e. The van der Waals surface area contributed by atoms with E-state index in [1.165, 1.54) is 12.7 Å². The molecule has 2 heterocycles. The fourth-order valence-electron chi connectivity index (χ4n) is 2.17. The minimum Gasteiger partial charge on any atom is -0.322 e. The number of hydrogen-bond donors (Lipinski definition) is 1. The van der Waals surface area contributed by atoms with Gasteiger partial charge in [-0.2, -0.15) is 0 Å². The first-order valence-electron chi connectivity index (χ1n) is 6.02. The number of nitrogens with one attached hydrogen (secondary N) is 1. The Kier molecular flexibility index (Phi) is 3.56. The summed E-state index contributed by atoms with van der Waals surface area (Å²) in [5.41, 5.74) is 0. The molecule has 1 aliphatic heterocycles. The van der Waals surface area contributed by atoms with Gasteiger partial charge in [-0.1, -0.05) is 6.92 Å². The molecule has 5 nitrogen and oxygen atoms in total. The molecule has 1 saturated heterocycles. The summed E-state index contributed by atoms with van der Waals surface area (Å²) in [6.45, 7) is 5.11. The van der Waals surface area contributed by atoms with E-state index in [0.29, 0.717) is 11.7 Å². The molecule has 0 radical (unpaired) electrons. The van der Waals surface area contributed by atoms with Gasteiger partial charge in [0.05, 0.1) is 0 Å². The van der Waals surface area contributed by atoms with E-state index in [0.717, 1.165) is 13.0 Å². The third-order valence-electron chi connectivity index (χ3n) is 3.45. The van der Waals surface area contributed by atoms with Crippen LogP contribution in [0.25, 0.3) is 0 Å². The second-order valence-corrected chi connectivity index (χ2v) is 4.58. The van der Waals surface area contributed by atoms with E-state index in [-0.39, 0.29) is 12.1 Å². The molecule has 1 N–H and O–H groups in total. The molecular weight excluding hydrogens is 216 g/mol. The highest BCUT2D eigenvalue weighted by Gasteiger charge is 2.28. The van der Waals surface area contributed by atoms with Gasteiger partial charge in [0.2, 0.25) is 0 Å². The maximum absolute atomic E-state index is 12.1. The summed E-state index contributed by atoms with van der Waals surface area (Å²) >= 11 is 0. The van der Waals surface area contributed by atoms with Crippen LogP contribution in [0.5, 0.6) is 0 Å². The Balaban J connectivity index is 2.00. The number of hydrogen-bond acceptors (Lipinski definition) is 3. The molecule has 0 saturated carbocycles. The standard InChI is InChI=1S/C12H18N4O/c1-9-4-3-7-16(10(9)2)12(17)15-11-5-6-13-8-14-11/h5-6,8-10H,3-4,7H2,1-2H3,(H,13,14,15,17)/t9-,10+/m1/s1. The van der Waals surface area contributed by atoms with Gasteiger partial charge in [-0.3, -0.25) is 5.32 Å². The molecule has 1 aromatic rings. The lowest BCUT2D eigenvalue weighted by Crippen LogP contribution is -2.48. The van der Waals surface area contributed by atoms with Crippen molar-refractivity contribution in [2.45, 2.75) is 32.7 Å². The second-order valence-electron chi connectivity index (χ2n) is 4.58. The molecule has 1 aliphatic rings. The Bertz CT molecular complexity index is 381. The van der Waals surface area contributed by atoms with E-state index in [1.807, 2.05) is 4.90 Å². The van der Waals surface area contributed by atoms with Crippen LogP contribution < -0.4 is 5.32 Å². The van der Waals surface area contributed by atoms with Crippen molar-refractivity contribution >= 4 is 11.8 Å². The summed E-state index contributed by atoms with van der Waals surface area (Å²) in [6, 6.07) is 1.91. The van der Waals surface area contributed by atoms with Gasteiger partial charge in [0.15, 0.2) is 0 Å². The van der Waals surface area contributed by atoms with Crippen molar-refractivity contribution in [3.05, 3.63) is 18.6 Å². The number of carbonyl (C=O) groups excluding carboxylic acids is 1. The lowest BCUT2D eigenvalue weighted by molar-refractivity contribution is 0.139. The first-order chi connectivity index (χ1) is 8.18. The van der Waals surface area contributed by atoms with Gasteiger partial charge in [-0.05, 0) is 31.7 Å². The molecular formula is C12H18N4O. The number of anilines is 1. The van der Waals surface area contributed by atoms with Crippen LogP contribution in [0, 0.1) is 5.92 Å². The number of piperidine rings is 1. The van der Waals surface area contributed by atoms with E-state index >= 15 is 0 Å². The Labute approximate surface area is 101 Å². The van der Waals surface area contributed by atoms with Crippen LogP contribution >= 0.6 is 0 Å². The van der Waals surface area contributed by atoms with Crippen LogP contribution in [0.1, 0.15) is 26.7 Å². The normalized spacial score (nSPS) is 24.5. The van der Waals surface area contributed by atoms with E-state index in [4.69, 9.17) is 0 Å². The third kappa shape index (κ3) is 2.72. The van der Waals surface area contributed by atoms with E-state index in [9.17, 15) is 4.79 Å². The quantitative estimate of drug-likeness (QED) is 0.809. The number of aromatic nitrogens is 2.